The second kappa shape index (κ2) is 3.97. The van der Waals surface area contributed by atoms with Crippen molar-refractivity contribution in [2.45, 2.75) is 26.2 Å². The largest absolute Gasteiger partial charge is 0.492 e. The summed E-state index contributed by atoms with van der Waals surface area (Å²) in [6, 6.07) is 3.88. The number of hydrogen-bond acceptors (Lipinski definition) is 2. The molecule has 0 fully saturated rings. The van der Waals surface area contributed by atoms with E-state index in [4.69, 9.17) is 4.74 Å². The molecule has 0 saturated carbocycles. The first-order valence-corrected chi connectivity index (χ1v) is 5.88. The van der Waals surface area contributed by atoms with Crippen LogP contribution in [0.3, 0.4) is 0 Å². The third kappa shape index (κ3) is 1.93. The first kappa shape index (κ1) is 10.7. The molecule has 0 spiro atoms. The molecule has 1 aliphatic rings. The zero-order chi connectivity index (χ0) is 11.0. The van der Waals surface area contributed by atoms with Crippen molar-refractivity contribution in [3.63, 3.8) is 0 Å². The van der Waals surface area contributed by atoms with Crippen LogP contribution >= 0.6 is 15.9 Å². The number of halogens is 1. The lowest BCUT2D eigenvalue weighted by Gasteiger charge is -2.21. The molecule has 2 rings (SSSR count). The third-order valence-electron chi connectivity index (χ3n) is 2.58. The van der Waals surface area contributed by atoms with Crippen molar-refractivity contribution in [3.8, 4) is 5.75 Å². The first-order valence-electron chi connectivity index (χ1n) is 5.09. The average Bonchev–Trinajstić information content (AvgIpc) is 2.18. The third-order valence-corrected chi connectivity index (χ3v) is 3.04. The van der Waals surface area contributed by atoms with Gasteiger partial charge in [-0.05, 0) is 23.6 Å². The second-order valence-electron chi connectivity index (χ2n) is 4.05. The van der Waals surface area contributed by atoms with Crippen molar-refractivity contribution in [2.24, 2.45) is 0 Å². The summed E-state index contributed by atoms with van der Waals surface area (Å²) in [5.41, 5.74) is 1.83. The van der Waals surface area contributed by atoms with E-state index in [2.05, 4.69) is 29.8 Å². The zero-order valence-corrected chi connectivity index (χ0v) is 10.4. The predicted octanol–water partition coefficient (Wildman–Crippen LogP) is 3.54. The number of hydrogen-bond donors (Lipinski definition) is 0. The van der Waals surface area contributed by atoms with Gasteiger partial charge in [-0.1, -0.05) is 29.8 Å². The van der Waals surface area contributed by atoms with E-state index in [9.17, 15) is 4.79 Å². The Morgan fingerprint density at radius 3 is 2.80 bits per heavy atom. The van der Waals surface area contributed by atoms with Crippen LogP contribution in [-0.2, 0) is 0 Å². The van der Waals surface area contributed by atoms with Crippen molar-refractivity contribution in [2.75, 3.05) is 6.61 Å². The Labute approximate surface area is 97.8 Å². The topological polar surface area (TPSA) is 26.3 Å². The van der Waals surface area contributed by atoms with Gasteiger partial charge in [0.15, 0.2) is 5.78 Å². The maximum Gasteiger partial charge on any atom is 0.170 e. The van der Waals surface area contributed by atoms with E-state index in [0.717, 1.165) is 21.3 Å². The molecule has 15 heavy (non-hydrogen) atoms. The Morgan fingerprint density at radius 1 is 1.40 bits per heavy atom. The van der Waals surface area contributed by atoms with E-state index < -0.39 is 0 Å². The van der Waals surface area contributed by atoms with Crippen LogP contribution in [-0.4, -0.2) is 12.4 Å². The van der Waals surface area contributed by atoms with Gasteiger partial charge in [0.2, 0.25) is 0 Å². The van der Waals surface area contributed by atoms with Gasteiger partial charge in [0.1, 0.15) is 5.75 Å². The van der Waals surface area contributed by atoms with Crippen LogP contribution in [0, 0.1) is 0 Å². The minimum Gasteiger partial charge on any atom is -0.492 e. The van der Waals surface area contributed by atoms with Gasteiger partial charge >= 0.3 is 0 Å². The van der Waals surface area contributed by atoms with Gasteiger partial charge in [-0.2, -0.15) is 0 Å². The molecule has 80 valence electrons. The minimum absolute atomic E-state index is 0.180. The quantitative estimate of drug-likeness (QED) is 0.779. The molecule has 0 amide bonds. The molecule has 1 heterocycles. The zero-order valence-electron chi connectivity index (χ0n) is 8.84. The highest BCUT2D eigenvalue weighted by Gasteiger charge is 2.23. The predicted molar refractivity (Wildman–Crippen MR) is 62.7 cm³/mol. The molecule has 0 N–H and O–H groups in total. The lowest BCUT2D eigenvalue weighted by Crippen LogP contribution is -2.17. The number of carbonyl (C=O) groups is 1. The van der Waals surface area contributed by atoms with Crippen LogP contribution in [0.15, 0.2) is 16.6 Å². The van der Waals surface area contributed by atoms with Crippen molar-refractivity contribution in [1.29, 1.82) is 0 Å². The summed E-state index contributed by atoms with van der Waals surface area (Å²) in [4.78, 5) is 11.7. The maximum atomic E-state index is 11.7. The summed E-state index contributed by atoms with van der Waals surface area (Å²) < 4.78 is 6.55. The molecule has 0 saturated heterocycles. The van der Waals surface area contributed by atoms with E-state index in [1.165, 1.54) is 0 Å². The van der Waals surface area contributed by atoms with E-state index in [0.29, 0.717) is 18.9 Å². The summed E-state index contributed by atoms with van der Waals surface area (Å²) in [6.07, 6.45) is 0.487. The smallest absolute Gasteiger partial charge is 0.170 e. The molecular formula is C12H13BrO2. The Hall–Kier alpha value is -0.830. The molecule has 3 heteroatoms. The number of benzene rings is 1. The van der Waals surface area contributed by atoms with Crippen LogP contribution in [0.4, 0.5) is 0 Å². The summed E-state index contributed by atoms with van der Waals surface area (Å²) in [5.74, 6) is 1.33. The molecule has 0 aliphatic carbocycles. The molecule has 0 aromatic heterocycles. The fourth-order valence-corrected chi connectivity index (χ4v) is 2.27. The fourth-order valence-electron chi connectivity index (χ4n) is 1.79. The van der Waals surface area contributed by atoms with Crippen molar-refractivity contribution >= 4 is 21.7 Å². The highest BCUT2D eigenvalue weighted by atomic mass is 79.9. The Bertz CT molecular complexity index is 410. The average molecular weight is 269 g/mol. The first-order chi connectivity index (χ1) is 7.09. The molecule has 0 unspecified atom stereocenters. The Morgan fingerprint density at radius 2 is 2.13 bits per heavy atom. The molecule has 2 nitrogen and oxygen atoms in total. The van der Waals surface area contributed by atoms with Gasteiger partial charge in [-0.15, -0.1) is 0 Å². The Kier molecular flexibility index (Phi) is 2.83. The molecule has 0 atom stereocenters. The summed E-state index contributed by atoms with van der Waals surface area (Å²) >= 11 is 3.43. The van der Waals surface area contributed by atoms with Gasteiger partial charge in [0.25, 0.3) is 0 Å². The highest BCUT2D eigenvalue weighted by molar-refractivity contribution is 9.10. The van der Waals surface area contributed by atoms with Crippen molar-refractivity contribution < 1.29 is 9.53 Å². The van der Waals surface area contributed by atoms with Gasteiger partial charge in [0, 0.05) is 10.9 Å². The van der Waals surface area contributed by atoms with Crippen molar-refractivity contribution in [3.05, 3.63) is 27.7 Å². The van der Waals surface area contributed by atoms with Gasteiger partial charge < -0.3 is 4.74 Å². The normalized spacial score (nSPS) is 15.1. The van der Waals surface area contributed by atoms with Gasteiger partial charge in [-0.25, -0.2) is 0 Å². The number of fused-ring (bicyclic) bond motifs is 1. The number of ketones is 1. The summed E-state index contributed by atoms with van der Waals surface area (Å²) in [5, 5.41) is 0. The molecule has 1 aliphatic heterocycles. The monoisotopic (exact) mass is 268 g/mol. The number of rotatable bonds is 1. The molecule has 0 bridgehead atoms. The fraction of sp³-hybridized carbons (Fsp3) is 0.417. The molecular weight excluding hydrogens is 256 g/mol. The summed E-state index contributed by atoms with van der Waals surface area (Å²) in [6.45, 7) is 4.71. The van der Waals surface area contributed by atoms with Crippen LogP contribution < -0.4 is 4.74 Å². The molecule has 0 radical (unpaired) electrons. The van der Waals surface area contributed by atoms with E-state index in [1.54, 1.807) is 0 Å². The van der Waals surface area contributed by atoms with Crippen LogP contribution in [0.2, 0.25) is 0 Å². The summed E-state index contributed by atoms with van der Waals surface area (Å²) in [7, 11) is 0. The maximum absolute atomic E-state index is 11.7. The lowest BCUT2D eigenvalue weighted by molar-refractivity contribution is 0.0932. The number of carbonyl (C=O) groups excluding carboxylic acids is 1. The Balaban J connectivity index is 2.62. The second-order valence-corrected chi connectivity index (χ2v) is 4.96. The molecule has 1 aromatic carbocycles. The van der Waals surface area contributed by atoms with E-state index in [1.807, 2.05) is 12.1 Å². The van der Waals surface area contributed by atoms with Crippen LogP contribution in [0.25, 0.3) is 0 Å². The SMILES string of the molecule is CC(C)c1cc(Br)cc2c1OCCC2=O. The van der Waals surface area contributed by atoms with Gasteiger partial charge in [0.05, 0.1) is 12.2 Å². The van der Waals surface area contributed by atoms with Crippen LogP contribution in [0.5, 0.6) is 5.75 Å². The van der Waals surface area contributed by atoms with Crippen LogP contribution in [0.1, 0.15) is 42.1 Å². The number of ether oxygens (including phenoxy) is 1. The lowest BCUT2D eigenvalue weighted by atomic mass is 9.95. The van der Waals surface area contributed by atoms with Crippen molar-refractivity contribution in [1.82, 2.24) is 0 Å². The highest BCUT2D eigenvalue weighted by Crippen LogP contribution is 2.36. The standard InChI is InChI=1S/C12H13BrO2/c1-7(2)9-5-8(13)6-10-11(14)3-4-15-12(9)10/h5-7H,3-4H2,1-2H3. The van der Waals surface area contributed by atoms with Gasteiger partial charge in [-0.3, -0.25) is 4.79 Å². The van der Waals surface area contributed by atoms with E-state index in [-0.39, 0.29) is 5.78 Å². The number of Topliss-reactive ketones (excluding diaryl/α,β-unsaturated/α-hetero) is 1. The minimum atomic E-state index is 0.180. The molecule has 1 aromatic rings. The van der Waals surface area contributed by atoms with E-state index >= 15 is 0 Å².